The number of carbonyl (C=O) groups is 2. The average molecular weight is 449 g/mol. The van der Waals surface area contributed by atoms with Crippen LogP contribution in [0.15, 0.2) is 34.9 Å². The number of aliphatic hydroxyl groups is 3. The van der Waals surface area contributed by atoms with Crippen molar-refractivity contribution in [2.75, 3.05) is 6.61 Å². The van der Waals surface area contributed by atoms with Gasteiger partial charge in [-0.05, 0) is 69.4 Å². The molecule has 0 saturated heterocycles. The van der Waals surface area contributed by atoms with Crippen LogP contribution in [0.25, 0.3) is 0 Å². The maximum absolute atomic E-state index is 13.4. The first-order valence-corrected chi connectivity index (χ1v) is 11.7. The highest BCUT2D eigenvalue weighted by atomic mass is 16.6. The SMILES string of the molecule is C/C=C(/C)C(=O)O[C@H]1C(C)=C[C@@]2(C(C)=O)[C@H](CC)C[C@@H](C)[C@@H](C)C/C=C(/CO)[C@@H](O)[C@]12O. The fourth-order valence-electron chi connectivity index (χ4n) is 5.57. The highest BCUT2D eigenvalue weighted by molar-refractivity contribution is 5.90. The molecule has 32 heavy (non-hydrogen) atoms. The predicted molar refractivity (Wildman–Crippen MR) is 124 cm³/mol. The summed E-state index contributed by atoms with van der Waals surface area (Å²) in [5.41, 5.74) is -2.47. The summed E-state index contributed by atoms with van der Waals surface area (Å²) in [7, 11) is 0. The van der Waals surface area contributed by atoms with Crippen LogP contribution in [0.5, 0.6) is 0 Å². The summed E-state index contributed by atoms with van der Waals surface area (Å²) in [6.07, 6.45) is 4.17. The third-order valence-electron chi connectivity index (χ3n) is 7.96. The van der Waals surface area contributed by atoms with Gasteiger partial charge < -0.3 is 20.1 Å². The minimum absolute atomic E-state index is 0.237. The number of ketones is 1. The molecule has 2 aliphatic rings. The van der Waals surface area contributed by atoms with Gasteiger partial charge in [-0.1, -0.05) is 45.4 Å². The summed E-state index contributed by atoms with van der Waals surface area (Å²) in [5.74, 6) is -0.675. The van der Waals surface area contributed by atoms with Crippen molar-refractivity contribution in [3.05, 3.63) is 34.9 Å². The van der Waals surface area contributed by atoms with E-state index in [0.717, 1.165) is 0 Å². The standard InChI is InChI=1S/C26H40O6/c1-8-15(3)24(30)32-23-18(6)13-25(19(7)28)21(9-2)12-17(5)16(4)10-11-20(14-27)22(29)26(23,25)31/h8,11,13,16-17,21-23,27,29,31H,9-10,12,14H2,1-7H3/b15-8-,20-11-/t16-,17+,21+,22+,23-,25+,26-/m0/s1. The molecule has 6 heteroatoms. The predicted octanol–water partition coefficient (Wildman–Crippen LogP) is 3.50. The van der Waals surface area contributed by atoms with E-state index in [2.05, 4.69) is 13.8 Å². The molecule has 0 aromatic heterocycles. The maximum Gasteiger partial charge on any atom is 0.334 e. The van der Waals surface area contributed by atoms with Gasteiger partial charge in [-0.25, -0.2) is 4.79 Å². The summed E-state index contributed by atoms with van der Waals surface area (Å²) in [6.45, 7) is 12.2. The largest absolute Gasteiger partial charge is 0.451 e. The van der Waals surface area contributed by atoms with Crippen LogP contribution in [0.1, 0.15) is 67.7 Å². The third-order valence-corrected chi connectivity index (χ3v) is 7.96. The normalized spacial score (nSPS) is 40.1. The van der Waals surface area contributed by atoms with Crippen molar-refractivity contribution in [3.63, 3.8) is 0 Å². The van der Waals surface area contributed by atoms with E-state index in [1.165, 1.54) is 6.92 Å². The summed E-state index contributed by atoms with van der Waals surface area (Å²) in [5, 5.41) is 33.9. The van der Waals surface area contributed by atoms with Crippen molar-refractivity contribution in [1.29, 1.82) is 0 Å². The minimum atomic E-state index is -2.14. The quantitative estimate of drug-likeness (QED) is 0.338. The Labute approximate surface area is 192 Å². The summed E-state index contributed by atoms with van der Waals surface area (Å²) >= 11 is 0. The summed E-state index contributed by atoms with van der Waals surface area (Å²) in [6, 6.07) is 0. The van der Waals surface area contributed by atoms with Crippen molar-refractivity contribution in [2.24, 2.45) is 23.2 Å². The molecule has 0 radical (unpaired) electrons. The van der Waals surface area contributed by atoms with Crippen LogP contribution in [0.2, 0.25) is 0 Å². The number of aliphatic hydroxyl groups excluding tert-OH is 2. The van der Waals surface area contributed by atoms with Crippen molar-refractivity contribution >= 4 is 11.8 Å². The molecular weight excluding hydrogens is 408 g/mol. The van der Waals surface area contributed by atoms with Gasteiger partial charge in [-0.15, -0.1) is 0 Å². The lowest BCUT2D eigenvalue weighted by molar-refractivity contribution is -0.203. The number of carbonyl (C=O) groups excluding carboxylic acids is 2. The van der Waals surface area contributed by atoms with Gasteiger partial charge in [0.25, 0.3) is 0 Å². The van der Waals surface area contributed by atoms with E-state index in [1.54, 1.807) is 39.0 Å². The molecule has 180 valence electrons. The first-order chi connectivity index (χ1) is 14.9. The van der Waals surface area contributed by atoms with E-state index in [1.807, 2.05) is 6.92 Å². The monoisotopic (exact) mass is 448 g/mol. The molecule has 0 aliphatic heterocycles. The highest BCUT2D eigenvalue weighted by Gasteiger charge is 2.69. The average Bonchev–Trinajstić information content (AvgIpc) is 2.99. The van der Waals surface area contributed by atoms with Gasteiger partial charge >= 0.3 is 5.97 Å². The molecule has 0 aromatic carbocycles. The van der Waals surface area contributed by atoms with Gasteiger partial charge in [0.15, 0.2) is 11.7 Å². The van der Waals surface area contributed by atoms with E-state index in [0.29, 0.717) is 30.4 Å². The Kier molecular flexibility index (Phi) is 8.30. The first kappa shape index (κ1) is 26.5. The summed E-state index contributed by atoms with van der Waals surface area (Å²) < 4.78 is 5.75. The second-order valence-electron chi connectivity index (χ2n) is 9.77. The Morgan fingerprint density at radius 3 is 2.38 bits per heavy atom. The van der Waals surface area contributed by atoms with E-state index in [-0.39, 0.29) is 29.1 Å². The van der Waals surface area contributed by atoms with Crippen LogP contribution in [-0.4, -0.2) is 51.5 Å². The highest BCUT2D eigenvalue weighted by Crippen LogP contribution is 2.57. The second kappa shape index (κ2) is 10.0. The second-order valence-corrected chi connectivity index (χ2v) is 9.77. The molecule has 0 unspecified atom stereocenters. The smallest absolute Gasteiger partial charge is 0.334 e. The minimum Gasteiger partial charge on any atom is -0.451 e. The molecular formula is C26H40O6. The number of fused-ring (bicyclic) bond motifs is 1. The van der Waals surface area contributed by atoms with Crippen LogP contribution in [0.3, 0.4) is 0 Å². The topological polar surface area (TPSA) is 104 Å². The Morgan fingerprint density at radius 1 is 1.25 bits per heavy atom. The van der Waals surface area contributed by atoms with Crippen molar-refractivity contribution < 1.29 is 29.6 Å². The number of hydrogen-bond donors (Lipinski definition) is 3. The molecule has 0 amide bonds. The van der Waals surface area contributed by atoms with Crippen LogP contribution in [0, 0.1) is 23.2 Å². The fourth-order valence-corrected chi connectivity index (χ4v) is 5.57. The number of allylic oxidation sites excluding steroid dienone is 2. The van der Waals surface area contributed by atoms with E-state index in [4.69, 9.17) is 4.74 Å². The Balaban J connectivity index is 2.82. The van der Waals surface area contributed by atoms with Crippen LogP contribution >= 0.6 is 0 Å². The zero-order valence-electron chi connectivity index (χ0n) is 20.5. The number of Topliss-reactive ketones (excluding diaryl/α,β-unsaturated/α-hetero) is 1. The molecule has 7 atom stereocenters. The lowest BCUT2D eigenvalue weighted by atomic mass is 9.56. The van der Waals surface area contributed by atoms with Gasteiger partial charge in [0.05, 0.1) is 12.0 Å². The third kappa shape index (κ3) is 4.13. The van der Waals surface area contributed by atoms with Crippen molar-refractivity contribution in [1.82, 2.24) is 0 Å². The molecule has 2 aliphatic carbocycles. The van der Waals surface area contributed by atoms with Crippen LogP contribution in [0.4, 0.5) is 0 Å². The first-order valence-electron chi connectivity index (χ1n) is 11.7. The number of ether oxygens (including phenoxy) is 1. The van der Waals surface area contributed by atoms with Crippen LogP contribution in [-0.2, 0) is 14.3 Å². The van der Waals surface area contributed by atoms with Crippen LogP contribution < -0.4 is 0 Å². The number of esters is 1. The van der Waals surface area contributed by atoms with Crippen molar-refractivity contribution in [2.45, 2.75) is 85.5 Å². The molecule has 2 rings (SSSR count). The molecule has 0 spiro atoms. The van der Waals surface area contributed by atoms with E-state index >= 15 is 0 Å². The van der Waals surface area contributed by atoms with Gasteiger partial charge in [-0.2, -0.15) is 0 Å². The number of hydrogen-bond acceptors (Lipinski definition) is 6. The molecule has 0 bridgehead atoms. The van der Waals surface area contributed by atoms with Gasteiger partial charge in [0.1, 0.15) is 11.9 Å². The molecule has 0 heterocycles. The molecule has 3 N–H and O–H groups in total. The van der Waals surface area contributed by atoms with Gasteiger partial charge in [-0.3, -0.25) is 4.79 Å². The van der Waals surface area contributed by atoms with Gasteiger partial charge in [0.2, 0.25) is 0 Å². The zero-order valence-corrected chi connectivity index (χ0v) is 20.5. The summed E-state index contributed by atoms with van der Waals surface area (Å²) in [4.78, 5) is 26.1. The maximum atomic E-state index is 13.4. The molecule has 0 saturated carbocycles. The zero-order chi connectivity index (χ0) is 24.4. The Morgan fingerprint density at radius 2 is 1.88 bits per heavy atom. The van der Waals surface area contributed by atoms with Crippen molar-refractivity contribution in [3.8, 4) is 0 Å². The Hall–Kier alpha value is -1.76. The molecule has 6 nitrogen and oxygen atoms in total. The molecule has 0 aromatic rings. The lowest BCUT2D eigenvalue weighted by Gasteiger charge is -2.51. The molecule has 0 fully saturated rings. The fraction of sp³-hybridized carbons (Fsp3) is 0.692. The van der Waals surface area contributed by atoms with E-state index < -0.39 is 35.8 Å². The van der Waals surface area contributed by atoms with Gasteiger partial charge in [0, 0.05) is 5.57 Å². The lowest BCUT2D eigenvalue weighted by Crippen LogP contribution is -2.66. The number of rotatable bonds is 5. The Bertz CT molecular complexity index is 824. The van der Waals surface area contributed by atoms with E-state index in [9.17, 15) is 24.9 Å².